The van der Waals surface area contributed by atoms with Crippen molar-refractivity contribution in [1.29, 1.82) is 0 Å². The number of rotatable bonds is 44. The van der Waals surface area contributed by atoms with Crippen LogP contribution in [0.5, 0.6) is 0 Å². The van der Waals surface area contributed by atoms with Crippen molar-refractivity contribution in [3.63, 3.8) is 0 Å². The molecule has 0 N–H and O–H groups in total. The summed E-state index contributed by atoms with van der Waals surface area (Å²) in [6.45, 7) is 6.38. The van der Waals surface area contributed by atoms with E-state index in [2.05, 4.69) is 106 Å². The fourth-order valence-electron chi connectivity index (χ4n) is 6.57. The molecule has 0 aromatic rings. The molecule has 0 heterocycles. The number of unbranched alkanes of at least 4 members (excludes halogenated alkanes) is 19. The van der Waals surface area contributed by atoms with Gasteiger partial charge < -0.3 is 14.2 Å². The fraction of sp³-hybridized carbons (Fsp3) is 0.691. The van der Waals surface area contributed by atoms with E-state index in [0.717, 1.165) is 141 Å². The summed E-state index contributed by atoms with van der Waals surface area (Å²) in [4.78, 5) is 37.9. The molecular weight excluding hydrogens is 757 g/mol. The molecule has 0 spiro atoms. The quantitative estimate of drug-likeness (QED) is 0.0263. The van der Waals surface area contributed by atoms with Gasteiger partial charge in [-0.15, -0.1) is 0 Å². The lowest BCUT2D eigenvalue weighted by atomic mass is 10.1. The summed E-state index contributed by atoms with van der Waals surface area (Å²) in [5, 5.41) is 0. The third-order valence-electron chi connectivity index (χ3n) is 10.3. The summed E-state index contributed by atoms with van der Waals surface area (Å²) < 4.78 is 16.7. The van der Waals surface area contributed by atoms with Gasteiger partial charge in [-0.25, -0.2) is 0 Å². The Morgan fingerprint density at radius 2 is 0.672 bits per heavy atom. The zero-order chi connectivity index (χ0) is 44.4. The number of esters is 3. The van der Waals surface area contributed by atoms with Crippen molar-refractivity contribution in [3.05, 3.63) is 85.1 Å². The topological polar surface area (TPSA) is 78.9 Å². The van der Waals surface area contributed by atoms with Crippen LogP contribution in [0.3, 0.4) is 0 Å². The van der Waals surface area contributed by atoms with Gasteiger partial charge in [0.2, 0.25) is 0 Å². The molecule has 0 aliphatic rings. The Balaban J connectivity index is 4.40. The zero-order valence-electron chi connectivity index (χ0n) is 39.7. The van der Waals surface area contributed by atoms with Crippen LogP contribution in [0.2, 0.25) is 0 Å². The van der Waals surface area contributed by atoms with Gasteiger partial charge in [0, 0.05) is 19.3 Å². The number of hydrogen-bond acceptors (Lipinski definition) is 6. The first-order valence-electron chi connectivity index (χ1n) is 25.1. The van der Waals surface area contributed by atoms with Gasteiger partial charge >= 0.3 is 17.9 Å². The Bertz CT molecular complexity index is 1200. The minimum atomic E-state index is -0.792. The third kappa shape index (κ3) is 47.5. The van der Waals surface area contributed by atoms with Crippen molar-refractivity contribution >= 4 is 17.9 Å². The molecule has 0 bridgehead atoms. The number of carbonyl (C=O) groups excluding carboxylic acids is 3. The normalized spacial score (nSPS) is 12.8. The van der Waals surface area contributed by atoms with Crippen molar-refractivity contribution in [2.45, 2.75) is 232 Å². The van der Waals surface area contributed by atoms with Crippen LogP contribution in [0.1, 0.15) is 226 Å². The van der Waals surface area contributed by atoms with Crippen LogP contribution >= 0.6 is 0 Å². The molecule has 1 unspecified atom stereocenters. The second-order valence-corrected chi connectivity index (χ2v) is 16.3. The monoisotopic (exact) mass is 849 g/mol. The molecule has 6 heteroatoms. The first-order chi connectivity index (χ1) is 30.0. The van der Waals surface area contributed by atoms with Crippen LogP contribution in [0.15, 0.2) is 85.1 Å². The third-order valence-corrected chi connectivity index (χ3v) is 10.3. The van der Waals surface area contributed by atoms with Crippen LogP contribution in [-0.4, -0.2) is 37.2 Å². The van der Waals surface area contributed by atoms with Gasteiger partial charge in [0.1, 0.15) is 13.2 Å². The molecule has 0 saturated heterocycles. The standard InChI is InChI=1S/C55H92O6/c1-4-7-10-13-16-19-22-24-26-27-28-29-30-32-33-36-39-42-45-48-54(57)60-51-52(50-59-53(56)47-44-41-38-35-21-18-15-12-9-6-3)61-55(58)49-46-43-40-37-34-31-25-23-20-17-14-11-8-5-2/h7,10,12,14-17,19,23-26,28-29,52H,4-6,8-9,11,13,18,20-22,27,30-51H2,1-3H3/b10-7-,15-12-,17-14-,19-16-,25-23-,26-24-,29-28-. The lowest BCUT2D eigenvalue weighted by Gasteiger charge is -2.18. The summed E-state index contributed by atoms with van der Waals surface area (Å²) >= 11 is 0. The highest BCUT2D eigenvalue weighted by molar-refractivity contribution is 5.71. The van der Waals surface area contributed by atoms with Gasteiger partial charge in [0.05, 0.1) is 0 Å². The lowest BCUT2D eigenvalue weighted by molar-refractivity contribution is -0.167. The molecule has 0 aromatic carbocycles. The maximum Gasteiger partial charge on any atom is 0.306 e. The van der Waals surface area contributed by atoms with E-state index in [-0.39, 0.29) is 31.1 Å². The zero-order valence-corrected chi connectivity index (χ0v) is 39.7. The molecule has 0 radical (unpaired) electrons. The van der Waals surface area contributed by atoms with Crippen LogP contribution in [0, 0.1) is 0 Å². The number of allylic oxidation sites excluding steroid dienone is 14. The highest BCUT2D eigenvalue weighted by Crippen LogP contribution is 2.13. The van der Waals surface area contributed by atoms with E-state index in [1.165, 1.54) is 44.9 Å². The van der Waals surface area contributed by atoms with Gasteiger partial charge in [-0.2, -0.15) is 0 Å². The largest absolute Gasteiger partial charge is 0.462 e. The van der Waals surface area contributed by atoms with Crippen molar-refractivity contribution in [2.75, 3.05) is 13.2 Å². The molecule has 0 fully saturated rings. The molecular formula is C55H92O6. The van der Waals surface area contributed by atoms with Gasteiger partial charge in [-0.1, -0.05) is 189 Å². The minimum Gasteiger partial charge on any atom is -0.462 e. The maximum atomic E-state index is 12.8. The van der Waals surface area contributed by atoms with E-state index in [9.17, 15) is 14.4 Å². The predicted molar refractivity (Wildman–Crippen MR) is 261 cm³/mol. The van der Waals surface area contributed by atoms with Crippen molar-refractivity contribution in [1.82, 2.24) is 0 Å². The van der Waals surface area contributed by atoms with E-state index in [1.54, 1.807) is 0 Å². The summed E-state index contributed by atoms with van der Waals surface area (Å²) in [6.07, 6.45) is 62.8. The number of hydrogen-bond donors (Lipinski definition) is 0. The average Bonchev–Trinajstić information content (AvgIpc) is 3.26. The molecule has 0 rings (SSSR count). The van der Waals surface area contributed by atoms with Crippen LogP contribution in [-0.2, 0) is 28.6 Å². The van der Waals surface area contributed by atoms with Gasteiger partial charge in [-0.05, 0) is 103 Å². The van der Waals surface area contributed by atoms with E-state index >= 15 is 0 Å². The first kappa shape index (κ1) is 57.6. The molecule has 6 nitrogen and oxygen atoms in total. The Hall–Kier alpha value is -3.41. The summed E-state index contributed by atoms with van der Waals surface area (Å²) in [5.74, 6) is -0.934. The van der Waals surface area contributed by atoms with Gasteiger partial charge in [-0.3, -0.25) is 14.4 Å². The lowest BCUT2D eigenvalue weighted by Crippen LogP contribution is -2.30. The van der Waals surface area contributed by atoms with Gasteiger partial charge in [0.15, 0.2) is 6.10 Å². The number of ether oxygens (including phenoxy) is 3. The molecule has 0 aromatic heterocycles. The Morgan fingerprint density at radius 3 is 1.08 bits per heavy atom. The molecule has 1 atom stereocenters. The second-order valence-electron chi connectivity index (χ2n) is 16.3. The summed E-state index contributed by atoms with van der Waals surface area (Å²) in [7, 11) is 0. The highest BCUT2D eigenvalue weighted by Gasteiger charge is 2.19. The second kappa shape index (κ2) is 49.2. The smallest absolute Gasteiger partial charge is 0.306 e. The highest BCUT2D eigenvalue weighted by atomic mass is 16.6. The van der Waals surface area contributed by atoms with E-state index in [4.69, 9.17) is 14.2 Å². The minimum absolute atomic E-state index is 0.0924. The predicted octanol–water partition coefficient (Wildman–Crippen LogP) is 16.4. The van der Waals surface area contributed by atoms with E-state index < -0.39 is 6.10 Å². The molecule has 0 aliphatic heterocycles. The Labute approximate surface area is 375 Å². The van der Waals surface area contributed by atoms with Crippen molar-refractivity contribution < 1.29 is 28.6 Å². The number of carbonyl (C=O) groups is 3. The maximum absolute atomic E-state index is 12.8. The Morgan fingerprint density at radius 1 is 0.344 bits per heavy atom. The molecule has 61 heavy (non-hydrogen) atoms. The Kier molecular flexibility index (Phi) is 46.5. The average molecular weight is 849 g/mol. The molecule has 348 valence electrons. The summed E-state index contributed by atoms with van der Waals surface area (Å²) in [5.41, 5.74) is 0. The van der Waals surface area contributed by atoms with Crippen molar-refractivity contribution in [3.8, 4) is 0 Å². The fourth-order valence-corrected chi connectivity index (χ4v) is 6.57. The SMILES string of the molecule is CC/C=C\C/C=C\C/C=C\C/C=C\CCCCCCCCC(=O)OCC(COC(=O)CCCCCCC/C=C\CCC)OC(=O)CCCCCCC/C=C\C/C=C\CCCC. The molecule has 0 aliphatic carbocycles. The molecule has 0 saturated carbocycles. The molecule has 0 amide bonds. The first-order valence-corrected chi connectivity index (χ1v) is 25.1. The van der Waals surface area contributed by atoms with Crippen LogP contribution < -0.4 is 0 Å². The van der Waals surface area contributed by atoms with Gasteiger partial charge in [0.25, 0.3) is 0 Å². The van der Waals surface area contributed by atoms with Crippen LogP contribution in [0.4, 0.5) is 0 Å². The summed E-state index contributed by atoms with van der Waals surface area (Å²) in [6, 6.07) is 0. The van der Waals surface area contributed by atoms with Crippen molar-refractivity contribution in [2.24, 2.45) is 0 Å². The van der Waals surface area contributed by atoms with Crippen LogP contribution in [0.25, 0.3) is 0 Å². The van der Waals surface area contributed by atoms with E-state index in [0.29, 0.717) is 19.3 Å². The van der Waals surface area contributed by atoms with E-state index in [1.807, 2.05) is 0 Å².